The Labute approximate surface area is 125 Å². The van der Waals surface area contributed by atoms with E-state index < -0.39 is 11.7 Å². The summed E-state index contributed by atoms with van der Waals surface area (Å²) in [6.45, 7) is 5.86. The van der Waals surface area contributed by atoms with Crippen molar-refractivity contribution < 1.29 is 9.53 Å². The first-order valence-electron chi connectivity index (χ1n) is 6.31. The lowest BCUT2D eigenvalue weighted by Crippen LogP contribution is -2.32. The Kier molecular flexibility index (Phi) is 5.70. The molecule has 1 rings (SSSR count). The van der Waals surface area contributed by atoms with Gasteiger partial charge >= 0.3 is 6.09 Å². The second-order valence-electron chi connectivity index (χ2n) is 5.27. The van der Waals surface area contributed by atoms with E-state index >= 15 is 0 Å². The van der Waals surface area contributed by atoms with Crippen LogP contribution in [0.5, 0.6) is 0 Å². The fourth-order valence-electron chi connectivity index (χ4n) is 1.45. The molecular formula is C15H20N2O2S. The molecule has 0 aliphatic rings. The lowest BCUT2D eigenvalue weighted by molar-refractivity contribution is 0.0534. The lowest BCUT2D eigenvalue weighted by atomic mass is 10.1. The van der Waals surface area contributed by atoms with Crippen LogP contribution in [-0.4, -0.2) is 23.2 Å². The Bertz CT molecular complexity index is 519. The summed E-state index contributed by atoms with van der Waals surface area (Å²) in [4.78, 5) is 11.8. The van der Waals surface area contributed by atoms with Gasteiger partial charge in [-0.25, -0.2) is 4.79 Å². The van der Waals surface area contributed by atoms with Gasteiger partial charge in [-0.3, -0.25) is 0 Å². The van der Waals surface area contributed by atoms with Crippen molar-refractivity contribution in [2.75, 3.05) is 6.54 Å². The third-order valence-electron chi connectivity index (χ3n) is 2.24. The second kappa shape index (κ2) is 7.05. The molecule has 0 saturated heterocycles. The Hall–Kier alpha value is -1.88. The molecule has 0 bridgehead atoms. The minimum atomic E-state index is -0.487. The van der Waals surface area contributed by atoms with Crippen molar-refractivity contribution in [3.8, 4) is 0 Å². The lowest BCUT2D eigenvalue weighted by Gasteiger charge is -2.19. The number of nitrogens with one attached hydrogen (secondary N) is 1. The number of nitrogens with two attached hydrogens (primary N) is 1. The molecule has 1 amide bonds. The van der Waals surface area contributed by atoms with Crippen LogP contribution in [0.3, 0.4) is 0 Å². The molecule has 1 aromatic carbocycles. The van der Waals surface area contributed by atoms with Crippen LogP contribution in [-0.2, 0) is 4.74 Å². The highest BCUT2D eigenvalue weighted by Crippen LogP contribution is 2.08. The van der Waals surface area contributed by atoms with Crippen LogP contribution in [0.15, 0.2) is 30.3 Å². The van der Waals surface area contributed by atoms with Gasteiger partial charge in [-0.2, -0.15) is 0 Å². The van der Waals surface area contributed by atoms with Gasteiger partial charge in [0.15, 0.2) is 0 Å². The van der Waals surface area contributed by atoms with E-state index in [1.807, 2.05) is 57.2 Å². The molecule has 1 aromatic rings. The summed E-state index contributed by atoms with van der Waals surface area (Å²) in [7, 11) is 0. The molecular weight excluding hydrogens is 272 g/mol. The maximum Gasteiger partial charge on any atom is 0.407 e. The number of hydrogen-bond acceptors (Lipinski definition) is 3. The van der Waals surface area contributed by atoms with Crippen molar-refractivity contribution in [1.82, 2.24) is 5.32 Å². The summed E-state index contributed by atoms with van der Waals surface area (Å²) in [5.41, 5.74) is 6.88. The predicted octanol–water partition coefficient (Wildman–Crippen LogP) is 2.86. The van der Waals surface area contributed by atoms with Gasteiger partial charge in [0.2, 0.25) is 0 Å². The first-order chi connectivity index (χ1) is 9.28. The summed E-state index contributed by atoms with van der Waals surface area (Å²) in [5.74, 6) is 0. The molecule has 20 heavy (non-hydrogen) atoms. The topological polar surface area (TPSA) is 64.3 Å². The number of ether oxygens (including phenoxy) is 1. The smallest absolute Gasteiger partial charge is 0.407 e. The molecule has 4 nitrogen and oxygen atoms in total. The molecule has 5 heteroatoms. The van der Waals surface area contributed by atoms with E-state index in [0.717, 1.165) is 11.1 Å². The van der Waals surface area contributed by atoms with E-state index in [1.165, 1.54) is 0 Å². The molecule has 0 saturated carbocycles. The summed E-state index contributed by atoms with van der Waals surface area (Å²) in [6, 6.07) is 7.58. The van der Waals surface area contributed by atoms with Crippen LogP contribution in [0.2, 0.25) is 0 Å². The molecule has 3 N–H and O–H groups in total. The molecule has 0 atom stereocenters. The second-order valence-corrected chi connectivity index (χ2v) is 5.71. The van der Waals surface area contributed by atoms with E-state index in [4.69, 9.17) is 22.7 Å². The first kappa shape index (κ1) is 16.2. The largest absolute Gasteiger partial charge is 0.444 e. The van der Waals surface area contributed by atoms with E-state index in [0.29, 0.717) is 11.5 Å². The number of carbonyl (C=O) groups excluding carboxylic acids is 1. The van der Waals surface area contributed by atoms with Crippen LogP contribution in [0.25, 0.3) is 6.08 Å². The molecule has 0 unspecified atom stereocenters. The van der Waals surface area contributed by atoms with Crippen molar-refractivity contribution >= 4 is 29.4 Å². The maximum atomic E-state index is 11.4. The summed E-state index contributed by atoms with van der Waals surface area (Å²) < 4.78 is 5.12. The molecule has 0 spiro atoms. The average Bonchev–Trinajstić information content (AvgIpc) is 2.33. The summed E-state index contributed by atoms with van der Waals surface area (Å²) >= 11 is 4.92. The normalized spacial score (nSPS) is 11.3. The highest BCUT2D eigenvalue weighted by Gasteiger charge is 2.14. The minimum absolute atomic E-state index is 0.368. The number of hydrogen-bond donors (Lipinski definition) is 2. The number of amides is 1. The summed E-state index contributed by atoms with van der Waals surface area (Å²) in [5, 5.41) is 2.65. The van der Waals surface area contributed by atoms with E-state index in [1.54, 1.807) is 0 Å². The van der Waals surface area contributed by atoms with Gasteiger partial charge in [0.1, 0.15) is 10.6 Å². The summed E-state index contributed by atoms with van der Waals surface area (Å²) in [6.07, 6.45) is 3.29. The highest BCUT2D eigenvalue weighted by molar-refractivity contribution is 7.80. The zero-order valence-corrected chi connectivity index (χ0v) is 12.8. The van der Waals surface area contributed by atoms with Crippen LogP contribution in [0.1, 0.15) is 31.9 Å². The molecule has 0 aromatic heterocycles. The van der Waals surface area contributed by atoms with Gasteiger partial charge in [-0.05, 0) is 32.4 Å². The predicted molar refractivity (Wildman–Crippen MR) is 85.6 cm³/mol. The minimum Gasteiger partial charge on any atom is -0.444 e. The Morgan fingerprint density at radius 2 is 2.15 bits per heavy atom. The Balaban J connectivity index is 2.47. The third-order valence-corrected chi connectivity index (χ3v) is 2.48. The number of thiocarbonyl (C=S) groups is 1. The molecule has 0 fully saturated rings. The van der Waals surface area contributed by atoms with E-state index in [9.17, 15) is 4.79 Å². The molecule has 108 valence electrons. The van der Waals surface area contributed by atoms with Crippen LogP contribution < -0.4 is 11.1 Å². The number of rotatable bonds is 4. The fraction of sp³-hybridized carbons (Fsp3) is 0.333. The fourth-order valence-corrected chi connectivity index (χ4v) is 1.57. The SMILES string of the molecule is CC(C)(C)OC(=O)NCC=Cc1cccc(C(N)=S)c1. The zero-order chi connectivity index (χ0) is 15.2. The molecule has 0 heterocycles. The number of carbonyl (C=O) groups is 1. The molecule has 0 aliphatic heterocycles. The van der Waals surface area contributed by atoms with Crippen molar-refractivity contribution in [2.24, 2.45) is 5.73 Å². The van der Waals surface area contributed by atoms with Gasteiger partial charge in [-0.1, -0.05) is 42.6 Å². The molecule has 0 aliphatic carbocycles. The Morgan fingerprint density at radius 1 is 1.45 bits per heavy atom. The van der Waals surface area contributed by atoms with E-state index in [2.05, 4.69) is 5.32 Å². The standard InChI is InChI=1S/C15H20N2O2S/c1-15(2,3)19-14(18)17-9-5-7-11-6-4-8-12(10-11)13(16)20/h4-8,10H,9H2,1-3H3,(H2,16,20)(H,17,18). The van der Waals surface area contributed by atoms with Gasteiger partial charge in [0, 0.05) is 12.1 Å². The number of alkyl carbamates (subject to hydrolysis) is 1. The molecule has 0 radical (unpaired) electrons. The number of benzene rings is 1. The van der Waals surface area contributed by atoms with Crippen molar-refractivity contribution in [1.29, 1.82) is 0 Å². The van der Waals surface area contributed by atoms with Gasteiger partial charge in [0.25, 0.3) is 0 Å². The van der Waals surface area contributed by atoms with Crippen LogP contribution in [0.4, 0.5) is 4.79 Å². The average molecular weight is 292 g/mol. The monoisotopic (exact) mass is 292 g/mol. The van der Waals surface area contributed by atoms with E-state index in [-0.39, 0.29) is 0 Å². The van der Waals surface area contributed by atoms with Gasteiger partial charge < -0.3 is 15.8 Å². The first-order valence-corrected chi connectivity index (χ1v) is 6.72. The van der Waals surface area contributed by atoms with Crippen molar-refractivity contribution in [3.63, 3.8) is 0 Å². The Morgan fingerprint density at radius 3 is 2.75 bits per heavy atom. The van der Waals surface area contributed by atoms with Gasteiger partial charge in [-0.15, -0.1) is 0 Å². The third kappa shape index (κ3) is 6.33. The zero-order valence-electron chi connectivity index (χ0n) is 12.0. The van der Waals surface area contributed by atoms with Crippen molar-refractivity contribution in [3.05, 3.63) is 41.5 Å². The van der Waals surface area contributed by atoms with Crippen LogP contribution in [0, 0.1) is 0 Å². The highest BCUT2D eigenvalue weighted by atomic mass is 32.1. The maximum absolute atomic E-state index is 11.4. The van der Waals surface area contributed by atoms with Crippen molar-refractivity contribution in [2.45, 2.75) is 26.4 Å². The van der Waals surface area contributed by atoms with Gasteiger partial charge in [0.05, 0.1) is 0 Å². The van der Waals surface area contributed by atoms with Crippen LogP contribution >= 0.6 is 12.2 Å². The quantitative estimate of drug-likeness (QED) is 0.838.